The predicted octanol–water partition coefficient (Wildman–Crippen LogP) is 4.66. The number of benzene rings is 2. The number of rotatable bonds is 6. The van der Waals surface area contributed by atoms with Gasteiger partial charge in [-0.3, -0.25) is 4.79 Å². The van der Waals surface area contributed by atoms with Crippen molar-refractivity contribution in [2.45, 2.75) is 26.1 Å². The SMILES string of the molecule is CC(C(=O)O)C(C)c1ccc(-c2ncn(-c3ccc(OC(F)(F)F)cc3)n2)cc1. The number of aliphatic carboxylic acids is 1. The third-order valence-electron chi connectivity index (χ3n) is 4.66. The van der Waals surface area contributed by atoms with Gasteiger partial charge in [0.2, 0.25) is 0 Å². The molecular weight excluding hydrogens is 387 g/mol. The lowest BCUT2D eigenvalue weighted by molar-refractivity contribution is -0.274. The highest BCUT2D eigenvalue weighted by Gasteiger charge is 2.31. The van der Waals surface area contributed by atoms with Crippen molar-refractivity contribution >= 4 is 5.97 Å². The van der Waals surface area contributed by atoms with Crippen LogP contribution < -0.4 is 4.74 Å². The van der Waals surface area contributed by atoms with Gasteiger partial charge in [0.1, 0.15) is 12.1 Å². The number of aromatic nitrogens is 3. The third kappa shape index (κ3) is 4.92. The Kier molecular flexibility index (Phi) is 5.58. The second kappa shape index (κ2) is 7.94. The van der Waals surface area contributed by atoms with Crippen LogP contribution in [0.15, 0.2) is 54.9 Å². The highest BCUT2D eigenvalue weighted by Crippen LogP contribution is 2.27. The number of ether oxygens (including phenoxy) is 1. The first kappa shape index (κ1) is 20.4. The van der Waals surface area contributed by atoms with Crippen LogP contribution >= 0.6 is 0 Å². The highest BCUT2D eigenvalue weighted by molar-refractivity contribution is 5.71. The van der Waals surface area contributed by atoms with Gasteiger partial charge in [0.25, 0.3) is 0 Å². The van der Waals surface area contributed by atoms with Gasteiger partial charge in [-0.15, -0.1) is 18.3 Å². The van der Waals surface area contributed by atoms with E-state index in [2.05, 4.69) is 14.8 Å². The number of halogens is 3. The lowest BCUT2D eigenvalue weighted by Crippen LogP contribution is -2.17. The van der Waals surface area contributed by atoms with Crippen molar-refractivity contribution in [2.75, 3.05) is 0 Å². The molecule has 0 spiro atoms. The Labute approximate surface area is 164 Å². The van der Waals surface area contributed by atoms with Gasteiger partial charge < -0.3 is 9.84 Å². The van der Waals surface area contributed by atoms with Gasteiger partial charge in [-0.05, 0) is 35.7 Å². The molecule has 9 heteroatoms. The van der Waals surface area contributed by atoms with E-state index in [1.807, 2.05) is 19.1 Å². The van der Waals surface area contributed by atoms with Gasteiger partial charge in [0, 0.05) is 5.56 Å². The summed E-state index contributed by atoms with van der Waals surface area (Å²) in [4.78, 5) is 15.4. The molecule has 0 amide bonds. The minimum atomic E-state index is -4.74. The fourth-order valence-corrected chi connectivity index (χ4v) is 2.76. The van der Waals surface area contributed by atoms with Crippen LogP contribution in [0.25, 0.3) is 17.1 Å². The minimum Gasteiger partial charge on any atom is -0.481 e. The average molecular weight is 405 g/mol. The molecule has 0 radical (unpaired) electrons. The summed E-state index contributed by atoms with van der Waals surface area (Å²) in [7, 11) is 0. The number of nitrogens with zero attached hydrogens (tertiary/aromatic N) is 3. The molecule has 29 heavy (non-hydrogen) atoms. The Morgan fingerprint density at radius 3 is 2.24 bits per heavy atom. The van der Waals surface area contributed by atoms with Crippen molar-refractivity contribution < 1.29 is 27.8 Å². The van der Waals surface area contributed by atoms with E-state index in [-0.39, 0.29) is 11.7 Å². The topological polar surface area (TPSA) is 77.2 Å². The monoisotopic (exact) mass is 405 g/mol. The number of hydrogen-bond donors (Lipinski definition) is 1. The number of hydrogen-bond acceptors (Lipinski definition) is 4. The summed E-state index contributed by atoms with van der Waals surface area (Å²) in [6, 6.07) is 12.6. The van der Waals surface area contributed by atoms with Crippen LogP contribution in [0.5, 0.6) is 5.75 Å². The van der Waals surface area contributed by atoms with Crippen molar-refractivity contribution in [3.63, 3.8) is 0 Å². The maximum Gasteiger partial charge on any atom is 0.573 e. The van der Waals surface area contributed by atoms with Crippen LogP contribution in [-0.2, 0) is 4.79 Å². The molecule has 1 aromatic heterocycles. The summed E-state index contributed by atoms with van der Waals surface area (Å²) < 4.78 is 42.0. The van der Waals surface area contributed by atoms with Crippen LogP contribution in [-0.4, -0.2) is 32.2 Å². The zero-order valence-corrected chi connectivity index (χ0v) is 15.6. The molecule has 6 nitrogen and oxygen atoms in total. The van der Waals surface area contributed by atoms with Crippen LogP contribution in [0.2, 0.25) is 0 Å². The van der Waals surface area contributed by atoms with Crippen molar-refractivity contribution in [1.82, 2.24) is 14.8 Å². The van der Waals surface area contributed by atoms with E-state index in [9.17, 15) is 18.0 Å². The molecule has 0 saturated carbocycles. The Bertz CT molecular complexity index is 983. The second-order valence-electron chi connectivity index (χ2n) is 6.59. The average Bonchev–Trinajstić information content (AvgIpc) is 3.16. The van der Waals surface area contributed by atoms with Gasteiger partial charge >= 0.3 is 12.3 Å². The standard InChI is InChI=1S/C20H18F3N3O3/c1-12(13(2)19(27)28)14-3-5-15(6-4-14)18-24-11-26(25-18)16-7-9-17(10-8-16)29-20(21,22)23/h3-13H,1-2H3,(H,27,28). The quantitative estimate of drug-likeness (QED) is 0.646. The summed E-state index contributed by atoms with van der Waals surface area (Å²) in [5, 5.41) is 13.5. The molecule has 3 aromatic rings. The fraction of sp³-hybridized carbons (Fsp3) is 0.250. The largest absolute Gasteiger partial charge is 0.573 e. The molecule has 0 saturated heterocycles. The van der Waals surface area contributed by atoms with Crippen LogP contribution in [0.4, 0.5) is 13.2 Å². The van der Waals surface area contributed by atoms with Gasteiger partial charge in [-0.25, -0.2) is 9.67 Å². The Hall–Kier alpha value is -3.36. The van der Waals surface area contributed by atoms with E-state index in [1.165, 1.54) is 35.3 Å². The second-order valence-corrected chi connectivity index (χ2v) is 6.59. The molecular formula is C20H18F3N3O3. The Balaban J connectivity index is 1.75. The lowest BCUT2D eigenvalue weighted by Gasteiger charge is -2.16. The molecule has 2 atom stereocenters. The number of alkyl halides is 3. The number of carbonyl (C=O) groups is 1. The predicted molar refractivity (Wildman–Crippen MR) is 98.7 cm³/mol. The molecule has 0 aliphatic rings. The third-order valence-corrected chi connectivity index (χ3v) is 4.66. The van der Waals surface area contributed by atoms with Gasteiger partial charge in [-0.2, -0.15) is 0 Å². The maximum absolute atomic E-state index is 12.2. The van der Waals surface area contributed by atoms with Crippen molar-refractivity contribution in [1.29, 1.82) is 0 Å². The summed E-state index contributed by atoms with van der Waals surface area (Å²) in [6.45, 7) is 3.52. The molecule has 0 aliphatic carbocycles. The first-order chi connectivity index (χ1) is 13.6. The van der Waals surface area contributed by atoms with E-state index >= 15 is 0 Å². The molecule has 0 fully saturated rings. The first-order valence-electron chi connectivity index (χ1n) is 8.75. The molecule has 0 aliphatic heterocycles. The zero-order valence-electron chi connectivity index (χ0n) is 15.6. The molecule has 1 heterocycles. The molecule has 1 N–H and O–H groups in total. The summed E-state index contributed by atoms with van der Waals surface area (Å²) in [5.74, 6) is -1.39. The normalized spacial score (nSPS) is 13.7. The molecule has 0 bridgehead atoms. The van der Waals surface area contributed by atoms with E-state index in [0.717, 1.165) is 11.1 Å². The highest BCUT2D eigenvalue weighted by atomic mass is 19.4. The van der Waals surface area contributed by atoms with Gasteiger partial charge in [0.05, 0.1) is 11.6 Å². The summed E-state index contributed by atoms with van der Waals surface area (Å²) >= 11 is 0. The van der Waals surface area contributed by atoms with Crippen LogP contribution in [0, 0.1) is 5.92 Å². The molecule has 2 unspecified atom stereocenters. The van der Waals surface area contributed by atoms with Gasteiger partial charge in [-0.1, -0.05) is 38.1 Å². The van der Waals surface area contributed by atoms with E-state index in [4.69, 9.17) is 5.11 Å². The van der Waals surface area contributed by atoms with Crippen molar-refractivity contribution in [2.24, 2.45) is 5.92 Å². The summed E-state index contributed by atoms with van der Waals surface area (Å²) in [5.41, 5.74) is 2.15. The van der Waals surface area contributed by atoms with E-state index in [0.29, 0.717) is 11.5 Å². The maximum atomic E-state index is 12.2. The number of carboxylic acids is 1. The molecule has 3 rings (SSSR count). The zero-order chi connectivity index (χ0) is 21.2. The van der Waals surface area contributed by atoms with E-state index in [1.54, 1.807) is 19.1 Å². The molecule has 152 valence electrons. The number of carboxylic acid groups (broad SMARTS) is 1. The lowest BCUT2D eigenvalue weighted by atomic mass is 9.88. The molecule has 2 aromatic carbocycles. The Morgan fingerprint density at radius 2 is 1.69 bits per heavy atom. The Morgan fingerprint density at radius 1 is 1.07 bits per heavy atom. The summed E-state index contributed by atoms with van der Waals surface area (Å²) in [6.07, 6.45) is -3.29. The van der Waals surface area contributed by atoms with Crippen LogP contribution in [0.3, 0.4) is 0 Å². The first-order valence-corrected chi connectivity index (χ1v) is 8.75. The minimum absolute atomic E-state index is 0.149. The smallest absolute Gasteiger partial charge is 0.481 e. The fourth-order valence-electron chi connectivity index (χ4n) is 2.76. The van der Waals surface area contributed by atoms with Crippen molar-refractivity contribution in [3.8, 4) is 22.8 Å². The van der Waals surface area contributed by atoms with Crippen LogP contribution in [0.1, 0.15) is 25.3 Å². The van der Waals surface area contributed by atoms with E-state index < -0.39 is 18.2 Å². The van der Waals surface area contributed by atoms with Crippen molar-refractivity contribution in [3.05, 3.63) is 60.4 Å². The van der Waals surface area contributed by atoms with Gasteiger partial charge in [0.15, 0.2) is 5.82 Å².